The van der Waals surface area contributed by atoms with Crippen molar-refractivity contribution in [1.82, 2.24) is 5.32 Å². The fraction of sp³-hybridized carbons (Fsp3) is 0.229. The molecule has 47 heavy (non-hydrogen) atoms. The summed E-state index contributed by atoms with van der Waals surface area (Å²) in [5.74, 6) is -4.52. The SMILES string of the molecule is COc1cccc(C2NC(Cc3ccc([N+](=O)[O-])cc3)(C(=O)O)C3C(=O)N(c4ccc(C)c(Cl)c4)C(=O)C23)c1OCc1ccccc1. The molecule has 0 saturated carbocycles. The van der Waals surface area contributed by atoms with Gasteiger partial charge in [-0.25, -0.2) is 4.90 Å². The number of ether oxygens (including phenoxy) is 2. The lowest BCUT2D eigenvalue weighted by Gasteiger charge is -2.31. The highest BCUT2D eigenvalue weighted by molar-refractivity contribution is 6.32. The Morgan fingerprint density at radius 1 is 1.00 bits per heavy atom. The average Bonchev–Trinajstić information content (AvgIpc) is 3.55. The number of para-hydroxylation sites is 1. The van der Waals surface area contributed by atoms with Gasteiger partial charge in [-0.3, -0.25) is 29.8 Å². The van der Waals surface area contributed by atoms with E-state index in [2.05, 4.69) is 5.32 Å². The van der Waals surface area contributed by atoms with E-state index in [4.69, 9.17) is 21.1 Å². The largest absolute Gasteiger partial charge is 0.493 e. The van der Waals surface area contributed by atoms with Gasteiger partial charge in [0.2, 0.25) is 11.8 Å². The van der Waals surface area contributed by atoms with Gasteiger partial charge in [-0.15, -0.1) is 0 Å². The summed E-state index contributed by atoms with van der Waals surface area (Å²) in [7, 11) is 1.47. The summed E-state index contributed by atoms with van der Waals surface area (Å²) >= 11 is 6.39. The molecular formula is C35H30ClN3O8. The summed E-state index contributed by atoms with van der Waals surface area (Å²) in [6.07, 6.45) is -0.246. The summed E-state index contributed by atoms with van der Waals surface area (Å²) < 4.78 is 11.9. The summed E-state index contributed by atoms with van der Waals surface area (Å²) in [6.45, 7) is 1.94. The van der Waals surface area contributed by atoms with Crippen molar-refractivity contribution in [3.63, 3.8) is 0 Å². The minimum atomic E-state index is -1.98. The molecule has 0 aromatic heterocycles. The van der Waals surface area contributed by atoms with Crippen molar-refractivity contribution >= 4 is 40.8 Å². The van der Waals surface area contributed by atoms with Crippen LogP contribution in [0.4, 0.5) is 11.4 Å². The molecule has 2 saturated heterocycles. The Balaban J connectivity index is 1.49. The minimum absolute atomic E-state index is 0.156. The van der Waals surface area contributed by atoms with E-state index < -0.39 is 46.1 Å². The topological polar surface area (TPSA) is 148 Å². The first-order valence-corrected chi connectivity index (χ1v) is 15.2. The standard InChI is InChI=1S/C35H30ClN3O8/c1-20-11-14-24(17-26(20)36)38-32(40)28-29(33(38)41)35(34(42)43,18-21-12-15-23(16-13-21)39(44)45)37-30(28)25-9-6-10-27(46-2)31(25)47-19-22-7-4-3-5-8-22/h3-17,28-30,37H,18-19H2,1-2H3,(H,42,43). The monoisotopic (exact) mass is 655 g/mol. The summed E-state index contributed by atoms with van der Waals surface area (Å²) in [6, 6.07) is 23.8. The number of carbonyl (C=O) groups is 3. The number of carbonyl (C=O) groups excluding carboxylic acids is 2. The van der Waals surface area contributed by atoms with E-state index in [1.54, 1.807) is 37.3 Å². The molecule has 4 aromatic carbocycles. The molecule has 2 aliphatic heterocycles. The number of methoxy groups -OCH3 is 1. The molecule has 0 aliphatic carbocycles. The quantitative estimate of drug-likeness (QED) is 0.125. The van der Waals surface area contributed by atoms with Crippen LogP contribution < -0.4 is 19.7 Å². The second-order valence-corrected chi connectivity index (χ2v) is 12.0. The first kappa shape index (κ1) is 31.7. The molecule has 4 unspecified atom stereocenters. The maximum atomic E-state index is 14.4. The van der Waals surface area contributed by atoms with Crippen molar-refractivity contribution in [3.8, 4) is 11.5 Å². The second kappa shape index (κ2) is 12.5. The number of nitro benzene ring substituents is 1. The molecule has 2 heterocycles. The van der Waals surface area contributed by atoms with Crippen LogP contribution in [0, 0.1) is 28.9 Å². The Morgan fingerprint density at radius 3 is 2.36 bits per heavy atom. The van der Waals surface area contributed by atoms with Crippen LogP contribution >= 0.6 is 11.6 Å². The molecule has 0 bridgehead atoms. The number of aliphatic carboxylic acids is 1. The van der Waals surface area contributed by atoms with Gasteiger partial charge < -0.3 is 14.6 Å². The zero-order chi connectivity index (χ0) is 33.5. The van der Waals surface area contributed by atoms with Crippen molar-refractivity contribution in [2.75, 3.05) is 12.0 Å². The fourth-order valence-corrected chi connectivity index (χ4v) is 6.74. The first-order chi connectivity index (χ1) is 22.6. The minimum Gasteiger partial charge on any atom is -0.493 e. The number of halogens is 1. The van der Waals surface area contributed by atoms with Gasteiger partial charge in [0, 0.05) is 35.2 Å². The van der Waals surface area contributed by atoms with Crippen LogP contribution in [-0.4, -0.2) is 40.5 Å². The zero-order valence-corrected chi connectivity index (χ0v) is 26.1. The highest BCUT2D eigenvalue weighted by Crippen LogP contribution is 2.53. The van der Waals surface area contributed by atoms with E-state index >= 15 is 0 Å². The molecular weight excluding hydrogens is 626 g/mol. The van der Waals surface area contributed by atoms with Gasteiger partial charge >= 0.3 is 5.97 Å². The molecule has 4 aromatic rings. The molecule has 240 valence electrons. The van der Waals surface area contributed by atoms with Crippen LogP contribution in [0.5, 0.6) is 11.5 Å². The van der Waals surface area contributed by atoms with Gasteiger partial charge in [-0.05, 0) is 41.8 Å². The van der Waals surface area contributed by atoms with Crippen LogP contribution in [0.1, 0.15) is 28.3 Å². The van der Waals surface area contributed by atoms with E-state index in [1.807, 2.05) is 30.3 Å². The first-order valence-electron chi connectivity index (χ1n) is 14.8. The predicted molar refractivity (Wildman–Crippen MR) is 172 cm³/mol. The molecule has 2 fully saturated rings. The van der Waals surface area contributed by atoms with Gasteiger partial charge in [-0.1, -0.05) is 72.3 Å². The summed E-state index contributed by atoms with van der Waals surface area (Å²) in [4.78, 5) is 53.9. The Hall–Kier alpha value is -5.26. The third-order valence-corrected chi connectivity index (χ3v) is 9.28. The molecule has 2 aliphatic rings. The van der Waals surface area contributed by atoms with E-state index in [1.165, 1.54) is 37.4 Å². The number of hydrogen-bond acceptors (Lipinski definition) is 8. The molecule has 12 heteroatoms. The lowest BCUT2D eigenvalue weighted by molar-refractivity contribution is -0.384. The average molecular weight is 656 g/mol. The zero-order valence-electron chi connectivity index (χ0n) is 25.4. The number of nitrogens with zero attached hydrogens (tertiary/aromatic N) is 2. The van der Waals surface area contributed by atoms with Crippen LogP contribution in [0.3, 0.4) is 0 Å². The smallest absolute Gasteiger partial charge is 0.325 e. The summed E-state index contributed by atoms with van der Waals surface area (Å²) in [5, 5.41) is 25.7. The molecule has 4 atom stereocenters. The van der Waals surface area contributed by atoms with Crippen LogP contribution in [-0.2, 0) is 27.4 Å². The molecule has 2 N–H and O–H groups in total. The maximum Gasteiger partial charge on any atom is 0.325 e. The number of nitro groups is 1. The number of hydrogen-bond donors (Lipinski definition) is 2. The number of aryl methyl sites for hydroxylation is 1. The number of rotatable bonds is 10. The molecule has 0 spiro atoms. The van der Waals surface area contributed by atoms with E-state index in [9.17, 15) is 29.6 Å². The predicted octanol–water partition coefficient (Wildman–Crippen LogP) is 5.66. The molecule has 2 amide bonds. The lowest BCUT2D eigenvalue weighted by atomic mass is 9.76. The Bertz CT molecular complexity index is 1880. The van der Waals surface area contributed by atoms with Crippen molar-refractivity contribution < 1.29 is 33.9 Å². The normalized spacial score (nSPS) is 21.9. The van der Waals surface area contributed by atoms with Crippen LogP contribution in [0.15, 0.2) is 91.0 Å². The number of carboxylic acids is 1. The number of carboxylic acid groups (broad SMARTS) is 1. The molecule has 0 radical (unpaired) electrons. The summed E-state index contributed by atoms with van der Waals surface area (Å²) in [5.41, 5.74) is 0.545. The van der Waals surface area contributed by atoms with Crippen molar-refractivity contribution in [3.05, 3.63) is 128 Å². The number of nitrogens with one attached hydrogen (secondary N) is 1. The maximum absolute atomic E-state index is 14.4. The Kier molecular flexibility index (Phi) is 8.43. The number of imide groups is 1. The van der Waals surface area contributed by atoms with Crippen LogP contribution in [0.25, 0.3) is 0 Å². The third kappa shape index (κ3) is 5.57. The van der Waals surface area contributed by atoms with Crippen molar-refractivity contribution in [2.45, 2.75) is 31.5 Å². The number of amides is 2. The van der Waals surface area contributed by atoms with Crippen molar-refractivity contribution in [2.24, 2.45) is 11.8 Å². The van der Waals surface area contributed by atoms with Gasteiger partial charge in [0.1, 0.15) is 12.1 Å². The van der Waals surface area contributed by atoms with Crippen molar-refractivity contribution in [1.29, 1.82) is 0 Å². The van der Waals surface area contributed by atoms with E-state index in [0.717, 1.165) is 16.0 Å². The Morgan fingerprint density at radius 2 is 1.72 bits per heavy atom. The van der Waals surface area contributed by atoms with Gasteiger partial charge in [0.25, 0.3) is 5.69 Å². The second-order valence-electron chi connectivity index (χ2n) is 11.6. The van der Waals surface area contributed by atoms with E-state index in [0.29, 0.717) is 27.6 Å². The van der Waals surface area contributed by atoms with E-state index in [-0.39, 0.29) is 24.4 Å². The van der Waals surface area contributed by atoms with Gasteiger partial charge in [0.15, 0.2) is 11.5 Å². The molecule has 6 rings (SSSR count). The van der Waals surface area contributed by atoms with Gasteiger partial charge in [0.05, 0.1) is 29.6 Å². The highest BCUT2D eigenvalue weighted by Gasteiger charge is 2.69. The number of non-ortho nitro benzene ring substituents is 1. The third-order valence-electron chi connectivity index (χ3n) is 8.87. The number of fused-ring (bicyclic) bond motifs is 1. The Labute approximate surface area is 274 Å². The number of anilines is 1. The highest BCUT2D eigenvalue weighted by atomic mass is 35.5. The fourth-order valence-electron chi connectivity index (χ4n) is 6.56. The van der Waals surface area contributed by atoms with Gasteiger partial charge in [-0.2, -0.15) is 0 Å². The molecule has 11 nitrogen and oxygen atoms in total. The lowest BCUT2D eigenvalue weighted by Crippen LogP contribution is -2.57. The number of benzene rings is 4. The van der Waals surface area contributed by atoms with Crippen LogP contribution in [0.2, 0.25) is 5.02 Å².